The fourth-order valence-corrected chi connectivity index (χ4v) is 3.84. The molecule has 2 aliphatic heterocycles. The number of carbonyl (C=O) groups is 3. The number of quaternary nitrogens is 1. The van der Waals surface area contributed by atoms with Gasteiger partial charge in [-0.05, 0) is 37.7 Å². The van der Waals surface area contributed by atoms with Crippen molar-refractivity contribution in [2.45, 2.75) is 44.6 Å². The first-order valence-corrected chi connectivity index (χ1v) is 9.42. The molecule has 0 spiro atoms. The number of nitrogens with zero attached hydrogens (tertiary/aromatic N) is 1. The van der Waals surface area contributed by atoms with Crippen molar-refractivity contribution in [1.29, 1.82) is 0 Å². The van der Waals surface area contributed by atoms with Gasteiger partial charge in [-0.1, -0.05) is 37.3 Å². The lowest BCUT2D eigenvalue weighted by molar-refractivity contribution is -0.891. The number of urea groups is 1. The second kappa shape index (κ2) is 7.86. The van der Waals surface area contributed by atoms with Gasteiger partial charge in [0.25, 0.3) is 11.8 Å². The molecular weight excluding hydrogens is 332 g/mol. The normalized spacial score (nSPS) is 24.3. The summed E-state index contributed by atoms with van der Waals surface area (Å²) in [7, 11) is 0. The standard InChI is InChI=1S/C19H26N4O3/c1-2-19(15-10-6-5-7-11-15)17(25)23(18(26)20-19)21-16(24)14-22-12-8-3-4-9-13-22/h5-7,10-11H,2-4,8-9,12-14H2,1H3,(H,20,26)(H,21,24)/p+1/t19-/m1/s1. The highest BCUT2D eigenvalue weighted by Gasteiger charge is 2.52. The van der Waals surface area contributed by atoms with E-state index in [9.17, 15) is 14.4 Å². The molecule has 0 radical (unpaired) electrons. The largest absolute Gasteiger partial charge is 0.344 e. The molecule has 3 N–H and O–H groups in total. The van der Waals surface area contributed by atoms with Gasteiger partial charge in [0.05, 0.1) is 13.1 Å². The molecule has 2 fully saturated rings. The molecule has 0 saturated carbocycles. The molecule has 7 nitrogen and oxygen atoms in total. The first-order chi connectivity index (χ1) is 12.6. The molecule has 2 aliphatic rings. The lowest BCUT2D eigenvalue weighted by Gasteiger charge is -2.25. The van der Waals surface area contributed by atoms with Crippen molar-refractivity contribution in [3.63, 3.8) is 0 Å². The summed E-state index contributed by atoms with van der Waals surface area (Å²) in [6.45, 7) is 4.03. The van der Waals surface area contributed by atoms with E-state index in [2.05, 4.69) is 10.7 Å². The number of imide groups is 1. The third-order valence-electron chi connectivity index (χ3n) is 5.35. The second-order valence-electron chi connectivity index (χ2n) is 7.07. The molecule has 0 unspecified atom stereocenters. The predicted octanol–water partition coefficient (Wildman–Crippen LogP) is 0.334. The van der Waals surface area contributed by atoms with Crippen LogP contribution in [0.15, 0.2) is 30.3 Å². The van der Waals surface area contributed by atoms with Gasteiger partial charge in [-0.3, -0.25) is 15.0 Å². The molecule has 3 rings (SSSR count). The third-order valence-corrected chi connectivity index (χ3v) is 5.35. The lowest BCUT2D eigenvalue weighted by atomic mass is 9.87. The Morgan fingerprint density at radius 1 is 1.15 bits per heavy atom. The molecule has 4 amide bonds. The topological polar surface area (TPSA) is 83.0 Å². The van der Waals surface area contributed by atoms with Crippen molar-refractivity contribution >= 4 is 17.8 Å². The zero-order valence-corrected chi connectivity index (χ0v) is 15.2. The molecule has 0 aliphatic carbocycles. The fraction of sp³-hybridized carbons (Fsp3) is 0.526. The number of hydrazine groups is 1. The molecule has 140 valence electrons. The highest BCUT2D eigenvalue weighted by Crippen LogP contribution is 2.31. The number of hydrogen-bond acceptors (Lipinski definition) is 3. The SMILES string of the molecule is CC[C@]1(c2ccccc2)NC(=O)N(NC(=O)C[NH+]2CCCCCC2)C1=O. The number of amides is 4. The van der Waals surface area contributed by atoms with Gasteiger partial charge in [-0.15, -0.1) is 0 Å². The van der Waals surface area contributed by atoms with Crippen molar-refractivity contribution in [1.82, 2.24) is 15.8 Å². The highest BCUT2D eigenvalue weighted by atomic mass is 16.2. The van der Waals surface area contributed by atoms with Crippen molar-refractivity contribution in [3.8, 4) is 0 Å². The van der Waals surface area contributed by atoms with Gasteiger partial charge in [0, 0.05) is 0 Å². The number of nitrogens with one attached hydrogen (secondary N) is 3. The summed E-state index contributed by atoms with van der Waals surface area (Å²) in [6, 6.07) is 8.56. The van der Waals surface area contributed by atoms with Gasteiger partial charge >= 0.3 is 6.03 Å². The minimum Gasteiger partial charge on any atom is -0.327 e. The summed E-state index contributed by atoms with van der Waals surface area (Å²) < 4.78 is 0. The van der Waals surface area contributed by atoms with E-state index in [1.54, 1.807) is 0 Å². The van der Waals surface area contributed by atoms with E-state index < -0.39 is 17.5 Å². The molecule has 2 saturated heterocycles. The number of likely N-dealkylation sites (tertiary alicyclic amines) is 1. The Balaban J connectivity index is 1.69. The van der Waals surface area contributed by atoms with E-state index in [1.807, 2.05) is 37.3 Å². The average molecular weight is 359 g/mol. The van der Waals surface area contributed by atoms with E-state index in [0.717, 1.165) is 36.5 Å². The van der Waals surface area contributed by atoms with Crippen LogP contribution in [0, 0.1) is 0 Å². The summed E-state index contributed by atoms with van der Waals surface area (Å²) in [6.07, 6.45) is 5.03. The van der Waals surface area contributed by atoms with Crippen molar-refractivity contribution in [2.24, 2.45) is 0 Å². The maximum Gasteiger partial charge on any atom is 0.344 e. The number of benzene rings is 1. The molecule has 0 aromatic heterocycles. The molecule has 7 heteroatoms. The Labute approximate surface area is 153 Å². The maximum absolute atomic E-state index is 13.0. The lowest BCUT2D eigenvalue weighted by Crippen LogP contribution is -3.13. The van der Waals surface area contributed by atoms with E-state index in [1.165, 1.54) is 17.7 Å². The molecule has 1 aromatic carbocycles. The van der Waals surface area contributed by atoms with E-state index in [0.29, 0.717) is 6.42 Å². The Hall–Kier alpha value is -2.41. The van der Waals surface area contributed by atoms with Gasteiger partial charge in [-0.2, -0.15) is 5.01 Å². The van der Waals surface area contributed by atoms with Crippen LogP contribution in [0.2, 0.25) is 0 Å². The Morgan fingerprint density at radius 3 is 2.42 bits per heavy atom. The van der Waals surface area contributed by atoms with Gasteiger partial charge in [-0.25, -0.2) is 4.79 Å². The number of carbonyl (C=O) groups excluding carboxylic acids is 3. The molecule has 1 atom stereocenters. The van der Waals surface area contributed by atoms with E-state index >= 15 is 0 Å². The molecular formula is C19H27N4O3+. The monoisotopic (exact) mass is 359 g/mol. The first-order valence-electron chi connectivity index (χ1n) is 9.42. The van der Waals surface area contributed by atoms with Crippen molar-refractivity contribution in [3.05, 3.63) is 35.9 Å². The summed E-state index contributed by atoms with van der Waals surface area (Å²) in [5, 5.41) is 3.61. The van der Waals surface area contributed by atoms with Crippen molar-refractivity contribution in [2.75, 3.05) is 19.6 Å². The number of hydrogen-bond donors (Lipinski definition) is 3. The zero-order chi connectivity index (χ0) is 18.6. The fourth-order valence-electron chi connectivity index (χ4n) is 3.84. The summed E-state index contributed by atoms with van der Waals surface area (Å²) >= 11 is 0. The van der Waals surface area contributed by atoms with Gasteiger partial charge < -0.3 is 10.2 Å². The van der Waals surface area contributed by atoms with Crippen LogP contribution in [0.25, 0.3) is 0 Å². The van der Waals surface area contributed by atoms with E-state index in [4.69, 9.17) is 0 Å². The number of rotatable bonds is 5. The van der Waals surface area contributed by atoms with Gasteiger partial charge in [0.2, 0.25) is 0 Å². The third kappa shape index (κ3) is 3.58. The van der Waals surface area contributed by atoms with Crippen LogP contribution < -0.4 is 15.6 Å². The molecule has 2 heterocycles. The summed E-state index contributed by atoms with van der Waals surface area (Å²) in [4.78, 5) is 39.0. The smallest absolute Gasteiger partial charge is 0.327 e. The maximum atomic E-state index is 13.0. The first kappa shape index (κ1) is 18.4. The Bertz CT molecular complexity index is 671. The zero-order valence-electron chi connectivity index (χ0n) is 15.2. The molecule has 1 aromatic rings. The minimum absolute atomic E-state index is 0.279. The quantitative estimate of drug-likeness (QED) is 0.663. The van der Waals surface area contributed by atoms with Gasteiger partial charge in [0.1, 0.15) is 5.54 Å². The van der Waals surface area contributed by atoms with Crippen LogP contribution in [0.5, 0.6) is 0 Å². The van der Waals surface area contributed by atoms with Crippen LogP contribution in [0.3, 0.4) is 0 Å². The summed E-state index contributed by atoms with van der Waals surface area (Å²) in [5.41, 5.74) is 2.11. The Kier molecular flexibility index (Phi) is 5.56. The van der Waals surface area contributed by atoms with E-state index in [-0.39, 0.29) is 12.5 Å². The van der Waals surface area contributed by atoms with Crippen molar-refractivity contribution < 1.29 is 19.3 Å². The predicted molar refractivity (Wildman–Crippen MR) is 96.0 cm³/mol. The van der Waals surface area contributed by atoms with Crippen LogP contribution in [0.1, 0.15) is 44.6 Å². The minimum atomic E-state index is -1.12. The average Bonchev–Trinajstić information content (AvgIpc) is 2.82. The van der Waals surface area contributed by atoms with Crippen LogP contribution in [-0.4, -0.2) is 42.5 Å². The Morgan fingerprint density at radius 2 is 1.81 bits per heavy atom. The van der Waals surface area contributed by atoms with Gasteiger partial charge in [0.15, 0.2) is 6.54 Å². The highest BCUT2D eigenvalue weighted by molar-refractivity contribution is 6.08. The second-order valence-corrected chi connectivity index (χ2v) is 7.07. The van der Waals surface area contributed by atoms with Crippen LogP contribution in [-0.2, 0) is 15.1 Å². The molecule has 0 bridgehead atoms. The van der Waals surface area contributed by atoms with Crippen LogP contribution in [0.4, 0.5) is 4.79 Å². The van der Waals surface area contributed by atoms with Crippen LogP contribution >= 0.6 is 0 Å². The summed E-state index contributed by atoms with van der Waals surface area (Å²) in [5.74, 6) is -0.735. The molecule has 26 heavy (non-hydrogen) atoms.